The fourth-order valence-electron chi connectivity index (χ4n) is 2.62. The van der Waals surface area contributed by atoms with Crippen molar-refractivity contribution >= 4 is 16.7 Å². The van der Waals surface area contributed by atoms with Gasteiger partial charge in [0.05, 0.1) is 5.39 Å². The molecular formula is C15H17N3O2. The Morgan fingerprint density at radius 1 is 1.35 bits per heavy atom. The zero-order chi connectivity index (χ0) is 14.1. The van der Waals surface area contributed by atoms with E-state index in [1.165, 1.54) is 19.3 Å². The molecule has 1 aromatic carbocycles. The molecule has 3 rings (SSSR count). The lowest BCUT2D eigenvalue weighted by Gasteiger charge is -2.31. The number of rotatable bonds is 3. The molecule has 20 heavy (non-hydrogen) atoms. The fraction of sp³-hybridized carbons (Fsp3) is 0.400. The molecule has 1 aliphatic rings. The Hall–Kier alpha value is -2.17. The van der Waals surface area contributed by atoms with Crippen LogP contribution < -0.4 is 10.9 Å². The van der Waals surface area contributed by atoms with Gasteiger partial charge in [0.15, 0.2) is 5.69 Å². The van der Waals surface area contributed by atoms with Gasteiger partial charge in [0.25, 0.3) is 11.5 Å². The molecule has 2 aromatic rings. The van der Waals surface area contributed by atoms with Gasteiger partial charge in [0.1, 0.15) is 0 Å². The van der Waals surface area contributed by atoms with Crippen molar-refractivity contribution in [2.45, 2.75) is 32.2 Å². The second-order valence-electron chi connectivity index (χ2n) is 5.40. The highest BCUT2D eigenvalue weighted by Crippen LogP contribution is 2.29. The Morgan fingerprint density at radius 3 is 2.70 bits per heavy atom. The van der Waals surface area contributed by atoms with Gasteiger partial charge in [-0.2, -0.15) is 5.10 Å². The van der Waals surface area contributed by atoms with Crippen molar-refractivity contribution < 1.29 is 4.79 Å². The van der Waals surface area contributed by atoms with Crippen LogP contribution in [0.1, 0.15) is 36.7 Å². The zero-order valence-corrected chi connectivity index (χ0v) is 11.3. The second kappa shape index (κ2) is 5.07. The van der Waals surface area contributed by atoms with Crippen LogP contribution in [0.2, 0.25) is 0 Å². The lowest BCUT2D eigenvalue weighted by molar-refractivity contribution is 0.0905. The van der Waals surface area contributed by atoms with Gasteiger partial charge in [0, 0.05) is 11.4 Å². The lowest BCUT2D eigenvalue weighted by atomic mass is 9.80. The molecule has 1 aliphatic carbocycles. The average molecular weight is 271 g/mol. The largest absolute Gasteiger partial charge is 0.348 e. The Labute approximate surface area is 116 Å². The first-order valence-electron chi connectivity index (χ1n) is 6.95. The normalized spacial score (nSPS) is 16.6. The molecule has 5 nitrogen and oxygen atoms in total. The number of nitrogens with one attached hydrogen (secondary N) is 2. The topological polar surface area (TPSA) is 74.8 Å². The number of amides is 1. The summed E-state index contributed by atoms with van der Waals surface area (Å²) in [6.07, 6.45) is 3.58. The summed E-state index contributed by atoms with van der Waals surface area (Å²) in [4.78, 5) is 24.0. The van der Waals surface area contributed by atoms with Crippen molar-refractivity contribution in [3.8, 4) is 0 Å². The Kier molecular flexibility index (Phi) is 3.26. The highest BCUT2D eigenvalue weighted by molar-refractivity contribution is 6.04. The zero-order valence-electron chi connectivity index (χ0n) is 11.3. The summed E-state index contributed by atoms with van der Waals surface area (Å²) >= 11 is 0. The molecule has 1 fully saturated rings. The van der Waals surface area contributed by atoms with Crippen molar-refractivity contribution in [3.05, 3.63) is 40.3 Å². The van der Waals surface area contributed by atoms with Crippen molar-refractivity contribution in [1.82, 2.24) is 15.5 Å². The van der Waals surface area contributed by atoms with Crippen molar-refractivity contribution in [1.29, 1.82) is 0 Å². The molecule has 0 radical (unpaired) electrons. The lowest BCUT2D eigenvalue weighted by Crippen LogP contribution is -2.41. The van der Waals surface area contributed by atoms with Crippen LogP contribution in [-0.4, -0.2) is 22.1 Å². The van der Waals surface area contributed by atoms with Crippen LogP contribution in [0.3, 0.4) is 0 Å². The van der Waals surface area contributed by atoms with E-state index in [0.717, 1.165) is 0 Å². The van der Waals surface area contributed by atoms with Gasteiger partial charge in [-0.15, -0.1) is 0 Å². The summed E-state index contributed by atoms with van der Waals surface area (Å²) in [5.74, 6) is 0.338. The number of hydrogen-bond donors (Lipinski definition) is 2. The maximum atomic E-state index is 12.3. The van der Waals surface area contributed by atoms with Crippen LogP contribution in [0.15, 0.2) is 29.1 Å². The summed E-state index contributed by atoms with van der Waals surface area (Å²) in [5.41, 5.74) is 0.00978. The van der Waals surface area contributed by atoms with Gasteiger partial charge in [-0.25, -0.2) is 5.10 Å². The van der Waals surface area contributed by atoms with Gasteiger partial charge in [-0.1, -0.05) is 24.6 Å². The van der Waals surface area contributed by atoms with Crippen LogP contribution in [0.5, 0.6) is 0 Å². The number of nitrogens with zero attached hydrogens (tertiary/aromatic N) is 1. The highest BCUT2D eigenvalue weighted by Gasteiger charge is 2.26. The predicted molar refractivity (Wildman–Crippen MR) is 76.6 cm³/mol. The minimum atomic E-state index is -0.274. The maximum Gasteiger partial charge on any atom is 0.272 e. The van der Waals surface area contributed by atoms with E-state index >= 15 is 0 Å². The van der Waals surface area contributed by atoms with E-state index < -0.39 is 0 Å². The number of fused-ring (bicyclic) bond motifs is 1. The minimum Gasteiger partial charge on any atom is -0.348 e. The number of aromatic amines is 1. The van der Waals surface area contributed by atoms with Crippen LogP contribution in [-0.2, 0) is 0 Å². The van der Waals surface area contributed by atoms with Crippen molar-refractivity contribution in [2.75, 3.05) is 0 Å². The molecule has 2 N–H and O–H groups in total. The number of H-pyrrole nitrogens is 1. The third-order valence-corrected chi connectivity index (χ3v) is 4.13. The SMILES string of the molecule is CC(NC(=O)c1n[nH]c(=O)c2ccccc12)C1CCC1. The molecule has 1 aromatic heterocycles. The molecule has 1 heterocycles. The van der Waals surface area contributed by atoms with Crippen LogP contribution in [0.25, 0.3) is 10.8 Å². The molecular weight excluding hydrogens is 254 g/mol. The first-order chi connectivity index (χ1) is 9.66. The van der Waals surface area contributed by atoms with E-state index in [4.69, 9.17) is 0 Å². The summed E-state index contributed by atoms with van der Waals surface area (Å²) in [7, 11) is 0. The third-order valence-electron chi connectivity index (χ3n) is 4.13. The summed E-state index contributed by atoms with van der Waals surface area (Å²) in [6.45, 7) is 2.02. The van der Waals surface area contributed by atoms with E-state index in [2.05, 4.69) is 15.5 Å². The standard InChI is InChI=1S/C15H17N3O2/c1-9(10-5-4-6-10)16-15(20)13-11-7-2-3-8-12(11)14(19)18-17-13/h2-3,7-10H,4-6H2,1H3,(H,16,20)(H,18,19). The number of carbonyl (C=O) groups is 1. The Morgan fingerprint density at radius 2 is 2.05 bits per heavy atom. The van der Waals surface area contributed by atoms with E-state index in [-0.39, 0.29) is 23.2 Å². The van der Waals surface area contributed by atoms with E-state index in [1.54, 1.807) is 24.3 Å². The summed E-state index contributed by atoms with van der Waals surface area (Å²) in [5, 5.41) is 10.4. The second-order valence-corrected chi connectivity index (χ2v) is 5.40. The number of hydrogen-bond acceptors (Lipinski definition) is 3. The molecule has 0 aliphatic heterocycles. The monoisotopic (exact) mass is 271 g/mol. The molecule has 1 unspecified atom stereocenters. The predicted octanol–water partition coefficient (Wildman–Crippen LogP) is 1.84. The molecule has 104 valence electrons. The van der Waals surface area contributed by atoms with Crippen molar-refractivity contribution in [2.24, 2.45) is 5.92 Å². The Balaban J connectivity index is 1.91. The number of carbonyl (C=O) groups excluding carboxylic acids is 1. The van der Waals surface area contributed by atoms with Crippen LogP contribution in [0, 0.1) is 5.92 Å². The van der Waals surface area contributed by atoms with E-state index in [0.29, 0.717) is 16.7 Å². The smallest absolute Gasteiger partial charge is 0.272 e. The summed E-state index contributed by atoms with van der Waals surface area (Å²) < 4.78 is 0. The van der Waals surface area contributed by atoms with Gasteiger partial charge >= 0.3 is 0 Å². The van der Waals surface area contributed by atoms with Gasteiger partial charge in [-0.3, -0.25) is 9.59 Å². The number of aromatic nitrogens is 2. The van der Waals surface area contributed by atoms with E-state index in [9.17, 15) is 9.59 Å². The van der Waals surface area contributed by atoms with Gasteiger partial charge < -0.3 is 5.32 Å². The summed E-state index contributed by atoms with van der Waals surface area (Å²) in [6, 6.07) is 7.16. The quantitative estimate of drug-likeness (QED) is 0.894. The van der Waals surface area contributed by atoms with Crippen LogP contribution >= 0.6 is 0 Å². The molecule has 5 heteroatoms. The van der Waals surface area contributed by atoms with Gasteiger partial charge in [0.2, 0.25) is 0 Å². The van der Waals surface area contributed by atoms with E-state index in [1.807, 2.05) is 6.92 Å². The molecule has 1 amide bonds. The maximum absolute atomic E-state index is 12.3. The molecule has 1 atom stereocenters. The molecule has 0 saturated heterocycles. The minimum absolute atomic E-state index is 0.142. The molecule has 0 spiro atoms. The van der Waals surface area contributed by atoms with Crippen LogP contribution in [0.4, 0.5) is 0 Å². The van der Waals surface area contributed by atoms with Crippen molar-refractivity contribution in [3.63, 3.8) is 0 Å². The van der Waals surface area contributed by atoms with Gasteiger partial charge in [-0.05, 0) is 31.7 Å². The highest BCUT2D eigenvalue weighted by atomic mass is 16.2. The first-order valence-corrected chi connectivity index (χ1v) is 6.95. The third kappa shape index (κ3) is 2.19. The molecule has 0 bridgehead atoms. The Bertz CT molecular complexity index is 704. The average Bonchev–Trinajstić information content (AvgIpc) is 2.37. The fourth-order valence-corrected chi connectivity index (χ4v) is 2.62. The first kappa shape index (κ1) is 12.8. The molecule has 1 saturated carbocycles. The number of benzene rings is 1.